The molecule has 3 nitrogen and oxygen atoms in total. The highest BCUT2D eigenvalue weighted by Gasteiger charge is 2.17. The monoisotopic (exact) mass is 339 g/mol. The molecule has 0 fully saturated rings. The van der Waals surface area contributed by atoms with E-state index in [1.807, 2.05) is 30.3 Å². The van der Waals surface area contributed by atoms with E-state index in [4.69, 9.17) is 15.2 Å². The molecule has 1 unspecified atom stereocenters. The number of hydrogen-bond acceptors (Lipinski definition) is 3. The number of benzene rings is 3. The number of nitrogens with two attached hydrogens (primary N) is 1. The summed E-state index contributed by atoms with van der Waals surface area (Å²) in [6.07, 6.45) is 0.673. The van der Waals surface area contributed by atoms with Gasteiger partial charge in [0.15, 0.2) is 11.6 Å². The lowest BCUT2D eigenvalue weighted by atomic mass is 9.89. The van der Waals surface area contributed by atoms with Gasteiger partial charge >= 0.3 is 0 Å². The van der Waals surface area contributed by atoms with Gasteiger partial charge in [-0.25, -0.2) is 4.39 Å². The molecule has 0 aliphatic heterocycles. The first kappa shape index (κ1) is 17.2. The Labute approximate surface area is 147 Å². The van der Waals surface area contributed by atoms with Crippen molar-refractivity contribution in [2.45, 2.75) is 12.3 Å². The van der Waals surface area contributed by atoms with Crippen LogP contribution >= 0.6 is 0 Å². The molecule has 0 radical (unpaired) electrons. The molecule has 3 rings (SSSR count). The summed E-state index contributed by atoms with van der Waals surface area (Å²) in [4.78, 5) is 0. The van der Waals surface area contributed by atoms with Crippen molar-refractivity contribution in [3.05, 3.63) is 71.5 Å². The minimum Gasteiger partial charge on any atom is -0.496 e. The summed E-state index contributed by atoms with van der Waals surface area (Å²) >= 11 is 0. The molecule has 0 heterocycles. The molecule has 1 atom stereocenters. The van der Waals surface area contributed by atoms with Crippen LogP contribution in [0.25, 0.3) is 10.8 Å². The average Bonchev–Trinajstić information content (AvgIpc) is 2.65. The summed E-state index contributed by atoms with van der Waals surface area (Å²) in [5.41, 5.74) is 7.96. The van der Waals surface area contributed by atoms with Gasteiger partial charge in [-0.1, -0.05) is 36.4 Å². The Hall–Kier alpha value is -2.59. The van der Waals surface area contributed by atoms with Gasteiger partial charge in [0.1, 0.15) is 5.75 Å². The second kappa shape index (κ2) is 7.53. The Kier molecular flexibility index (Phi) is 5.19. The van der Waals surface area contributed by atoms with E-state index in [1.165, 1.54) is 13.2 Å². The van der Waals surface area contributed by atoms with E-state index in [2.05, 4.69) is 12.1 Å². The van der Waals surface area contributed by atoms with Crippen LogP contribution in [0.15, 0.2) is 54.6 Å². The fraction of sp³-hybridized carbons (Fsp3) is 0.238. The molecule has 0 aliphatic rings. The summed E-state index contributed by atoms with van der Waals surface area (Å²) in [5.74, 6) is 0.678. The smallest absolute Gasteiger partial charge is 0.165 e. The van der Waals surface area contributed by atoms with Crippen LogP contribution in [-0.4, -0.2) is 20.8 Å². The predicted octanol–water partition coefficient (Wildman–Crippen LogP) is 4.28. The first-order valence-corrected chi connectivity index (χ1v) is 8.26. The average molecular weight is 339 g/mol. The van der Waals surface area contributed by atoms with Gasteiger partial charge < -0.3 is 15.2 Å². The number of hydrogen-bond donors (Lipinski definition) is 1. The molecule has 3 aromatic carbocycles. The molecular weight excluding hydrogens is 317 g/mol. The fourth-order valence-corrected chi connectivity index (χ4v) is 3.24. The topological polar surface area (TPSA) is 44.5 Å². The summed E-state index contributed by atoms with van der Waals surface area (Å²) < 4.78 is 24.7. The van der Waals surface area contributed by atoms with Crippen molar-refractivity contribution in [3.8, 4) is 11.5 Å². The number of methoxy groups -OCH3 is 2. The molecule has 0 spiro atoms. The van der Waals surface area contributed by atoms with Crippen LogP contribution in [0.5, 0.6) is 11.5 Å². The lowest BCUT2D eigenvalue weighted by molar-refractivity contribution is 0.385. The first-order chi connectivity index (χ1) is 12.2. The summed E-state index contributed by atoms with van der Waals surface area (Å²) in [7, 11) is 3.12. The Bertz CT molecular complexity index is 879. The van der Waals surface area contributed by atoms with Crippen LogP contribution in [0.4, 0.5) is 4.39 Å². The molecule has 0 aliphatic carbocycles. The van der Waals surface area contributed by atoms with Gasteiger partial charge in [-0.05, 0) is 47.5 Å². The zero-order valence-corrected chi connectivity index (χ0v) is 14.5. The number of fused-ring (bicyclic) bond motifs is 1. The van der Waals surface area contributed by atoms with Crippen LogP contribution < -0.4 is 15.2 Å². The van der Waals surface area contributed by atoms with Gasteiger partial charge in [-0.3, -0.25) is 0 Å². The number of ether oxygens (including phenoxy) is 2. The van der Waals surface area contributed by atoms with E-state index < -0.39 is 0 Å². The third-order valence-electron chi connectivity index (χ3n) is 4.60. The maximum atomic E-state index is 14.1. The van der Waals surface area contributed by atoms with Gasteiger partial charge in [0.25, 0.3) is 0 Å². The van der Waals surface area contributed by atoms with E-state index in [-0.39, 0.29) is 17.5 Å². The van der Waals surface area contributed by atoms with Crippen LogP contribution in [-0.2, 0) is 6.42 Å². The van der Waals surface area contributed by atoms with Crippen molar-refractivity contribution < 1.29 is 13.9 Å². The summed E-state index contributed by atoms with van der Waals surface area (Å²) in [5, 5.41) is 2.28. The molecule has 0 bridgehead atoms. The van der Waals surface area contributed by atoms with Gasteiger partial charge in [0.2, 0.25) is 0 Å². The fourth-order valence-electron chi connectivity index (χ4n) is 3.24. The quantitative estimate of drug-likeness (QED) is 0.729. The molecule has 25 heavy (non-hydrogen) atoms. The van der Waals surface area contributed by atoms with Gasteiger partial charge in [0, 0.05) is 11.5 Å². The van der Waals surface area contributed by atoms with E-state index in [9.17, 15) is 4.39 Å². The van der Waals surface area contributed by atoms with Crippen molar-refractivity contribution in [2.24, 2.45) is 5.73 Å². The van der Waals surface area contributed by atoms with Crippen LogP contribution in [0, 0.1) is 5.82 Å². The van der Waals surface area contributed by atoms with E-state index in [0.717, 1.165) is 27.6 Å². The molecule has 0 saturated heterocycles. The highest BCUT2D eigenvalue weighted by Crippen LogP contribution is 2.33. The minimum absolute atomic E-state index is 0.0138. The maximum Gasteiger partial charge on any atom is 0.165 e. The van der Waals surface area contributed by atoms with Crippen molar-refractivity contribution in [1.29, 1.82) is 0 Å². The molecule has 0 saturated carbocycles. The van der Waals surface area contributed by atoms with E-state index >= 15 is 0 Å². The highest BCUT2D eigenvalue weighted by atomic mass is 19.1. The Balaban J connectivity index is 2.02. The standard InChI is InChI=1S/C21H22FNO2/c1-24-20-9-7-14-5-3-4-6-17(14)18(20)11-16(13-23)15-8-10-21(25-2)19(22)12-15/h3-10,12,16H,11,13,23H2,1-2H3. The lowest BCUT2D eigenvalue weighted by Gasteiger charge is -2.19. The van der Waals surface area contributed by atoms with E-state index in [1.54, 1.807) is 13.2 Å². The van der Waals surface area contributed by atoms with Crippen LogP contribution in [0.1, 0.15) is 17.0 Å². The SMILES string of the molecule is COc1ccc(C(CN)Cc2c(OC)ccc3ccccc23)cc1F. The van der Waals surface area contributed by atoms with Crippen LogP contribution in [0.2, 0.25) is 0 Å². The van der Waals surface area contributed by atoms with Gasteiger partial charge in [-0.2, -0.15) is 0 Å². The Morgan fingerprint density at radius 3 is 2.36 bits per heavy atom. The maximum absolute atomic E-state index is 14.1. The van der Waals surface area contributed by atoms with Crippen LogP contribution in [0.3, 0.4) is 0 Å². The third kappa shape index (κ3) is 3.44. The second-order valence-electron chi connectivity index (χ2n) is 6.00. The molecule has 4 heteroatoms. The summed E-state index contributed by atoms with van der Waals surface area (Å²) in [6, 6.07) is 17.2. The van der Waals surface area contributed by atoms with E-state index in [0.29, 0.717) is 13.0 Å². The molecule has 0 amide bonds. The van der Waals surface area contributed by atoms with Crippen molar-refractivity contribution in [1.82, 2.24) is 0 Å². The van der Waals surface area contributed by atoms with Crippen molar-refractivity contribution in [3.63, 3.8) is 0 Å². The summed E-state index contributed by atoms with van der Waals surface area (Å²) in [6.45, 7) is 0.415. The zero-order valence-electron chi connectivity index (χ0n) is 14.5. The normalized spacial score (nSPS) is 12.2. The molecule has 0 aromatic heterocycles. The van der Waals surface area contributed by atoms with Gasteiger partial charge in [-0.15, -0.1) is 0 Å². The minimum atomic E-state index is -0.372. The Morgan fingerprint density at radius 2 is 1.68 bits per heavy atom. The molecule has 3 aromatic rings. The lowest BCUT2D eigenvalue weighted by Crippen LogP contribution is -2.16. The first-order valence-electron chi connectivity index (χ1n) is 8.26. The number of rotatable bonds is 6. The zero-order chi connectivity index (χ0) is 17.8. The highest BCUT2D eigenvalue weighted by molar-refractivity contribution is 5.87. The largest absolute Gasteiger partial charge is 0.496 e. The predicted molar refractivity (Wildman–Crippen MR) is 99.0 cm³/mol. The second-order valence-corrected chi connectivity index (χ2v) is 6.00. The van der Waals surface area contributed by atoms with Crippen molar-refractivity contribution >= 4 is 10.8 Å². The van der Waals surface area contributed by atoms with Gasteiger partial charge in [0.05, 0.1) is 14.2 Å². The molecule has 130 valence electrons. The number of halogens is 1. The van der Waals surface area contributed by atoms with Crippen molar-refractivity contribution in [2.75, 3.05) is 20.8 Å². The molecular formula is C21H22FNO2. The molecule has 2 N–H and O–H groups in total. The third-order valence-corrected chi connectivity index (χ3v) is 4.60. The Morgan fingerprint density at radius 1 is 0.960 bits per heavy atom.